The van der Waals surface area contributed by atoms with Gasteiger partial charge in [-0.25, -0.2) is 0 Å². The number of rotatable bonds is 18. The van der Waals surface area contributed by atoms with Crippen molar-refractivity contribution in [2.24, 2.45) is 23.7 Å². The van der Waals surface area contributed by atoms with Crippen LogP contribution in [0.15, 0.2) is 24.3 Å². The van der Waals surface area contributed by atoms with Gasteiger partial charge in [-0.05, 0) is 83.0 Å². The lowest BCUT2D eigenvalue weighted by Gasteiger charge is -2.16. The van der Waals surface area contributed by atoms with Crippen molar-refractivity contribution < 1.29 is 24.3 Å². The molecule has 38 heavy (non-hydrogen) atoms. The highest BCUT2D eigenvalue weighted by molar-refractivity contribution is 5.84. The molecule has 0 amide bonds. The van der Waals surface area contributed by atoms with Crippen molar-refractivity contribution in [2.45, 2.75) is 136 Å². The van der Waals surface area contributed by atoms with E-state index in [4.69, 9.17) is 5.11 Å². The predicted octanol–water partition coefficient (Wildman–Crippen LogP) is 8.45. The van der Waals surface area contributed by atoms with Crippen molar-refractivity contribution in [1.29, 1.82) is 0 Å². The maximum Gasteiger partial charge on any atom is 0.303 e. The standard InChI is InChI=1S/C17H28O2.C16H26O3/c1-3-4-10-15-12-13-17(19)16(15)11-8-6-5-7-9-14(2)18;1-2-3-8-13-11-12-15(17)14(13)9-6-4-5-7-10-16(18)19/h6,8,15-16H,3-5,7,9-13H2,1-2H3;4,6,13-14H,2-3,5,7-12H2,1H3,(H,18,19)/b8-6-;6-4-/t15-,16+;13-,14+/m00/s1. The van der Waals surface area contributed by atoms with Gasteiger partial charge in [-0.15, -0.1) is 0 Å². The van der Waals surface area contributed by atoms with Crippen LogP contribution in [0.25, 0.3) is 0 Å². The number of allylic oxidation sites excluding steroid dienone is 4. The monoisotopic (exact) mass is 530 g/mol. The van der Waals surface area contributed by atoms with Crippen LogP contribution in [-0.2, 0) is 19.2 Å². The number of unbranched alkanes of at least 4 members (excludes halogenated alkanes) is 4. The molecular weight excluding hydrogens is 476 g/mol. The summed E-state index contributed by atoms with van der Waals surface area (Å²) in [5, 5.41) is 8.53. The average Bonchev–Trinajstić information content (AvgIpc) is 3.41. The van der Waals surface area contributed by atoms with Gasteiger partial charge in [0, 0.05) is 37.5 Å². The molecule has 5 heteroatoms. The van der Waals surface area contributed by atoms with E-state index in [0.29, 0.717) is 36.2 Å². The Morgan fingerprint density at radius 1 is 0.737 bits per heavy atom. The number of hydrogen-bond acceptors (Lipinski definition) is 4. The third-order valence-corrected chi connectivity index (χ3v) is 8.12. The minimum atomic E-state index is -0.737. The second-order valence-electron chi connectivity index (χ2n) is 11.3. The summed E-state index contributed by atoms with van der Waals surface area (Å²) in [6, 6.07) is 0. The van der Waals surface area contributed by atoms with Gasteiger partial charge in [-0.1, -0.05) is 63.8 Å². The first-order valence-electron chi connectivity index (χ1n) is 15.4. The Kier molecular flexibility index (Phi) is 18.7. The molecule has 0 aromatic carbocycles. The molecule has 0 aliphatic heterocycles. The van der Waals surface area contributed by atoms with Crippen molar-refractivity contribution in [3.63, 3.8) is 0 Å². The summed E-state index contributed by atoms with van der Waals surface area (Å²) in [5.74, 6) is 2.12. The molecule has 2 fully saturated rings. The molecular formula is C33H54O5. The molecule has 216 valence electrons. The van der Waals surface area contributed by atoms with Crippen LogP contribution in [0.3, 0.4) is 0 Å². The first kappa shape index (κ1) is 34.0. The molecule has 0 radical (unpaired) electrons. The van der Waals surface area contributed by atoms with Crippen LogP contribution in [0.1, 0.15) is 136 Å². The van der Waals surface area contributed by atoms with E-state index in [-0.39, 0.29) is 24.0 Å². The van der Waals surface area contributed by atoms with E-state index in [0.717, 1.165) is 57.8 Å². The number of Topliss-reactive ketones (excluding diaryl/α,β-unsaturated/α-hetero) is 3. The van der Waals surface area contributed by atoms with Crippen molar-refractivity contribution in [2.75, 3.05) is 0 Å². The molecule has 0 unspecified atom stereocenters. The van der Waals surface area contributed by atoms with Crippen molar-refractivity contribution in [1.82, 2.24) is 0 Å². The van der Waals surface area contributed by atoms with Crippen molar-refractivity contribution in [3.05, 3.63) is 24.3 Å². The predicted molar refractivity (Wildman–Crippen MR) is 155 cm³/mol. The molecule has 0 aromatic rings. The summed E-state index contributed by atoms with van der Waals surface area (Å²) in [4.78, 5) is 44.9. The van der Waals surface area contributed by atoms with Gasteiger partial charge in [0.25, 0.3) is 0 Å². The summed E-state index contributed by atoms with van der Waals surface area (Å²) in [7, 11) is 0. The van der Waals surface area contributed by atoms with E-state index in [1.54, 1.807) is 6.92 Å². The first-order chi connectivity index (χ1) is 18.3. The van der Waals surface area contributed by atoms with E-state index in [9.17, 15) is 19.2 Å². The molecule has 0 spiro atoms. The molecule has 2 aliphatic rings. The quantitative estimate of drug-likeness (QED) is 0.142. The topological polar surface area (TPSA) is 88.5 Å². The molecule has 2 rings (SSSR count). The highest BCUT2D eigenvalue weighted by Crippen LogP contribution is 2.36. The Labute approximate surface area is 231 Å². The van der Waals surface area contributed by atoms with Crippen molar-refractivity contribution in [3.8, 4) is 0 Å². The molecule has 5 nitrogen and oxygen atoms in total. The fourth-order valence-corrected chi connectivity index (χ4v) is 5.79. The molecule has 0 bridgehead atoms. The zero-order valence-corrected chi connectivity index (χ0v) is 24.4. The maximum atomic E-state index is 11.9. The summed E-state index contributed by atoms with van der Waals surface area (Å²) in [6.45, 7) is 6.04. The lowest BCUT2D eigenvalue weighted by Crippen LogP contribution is -2.13. The largest absolute Gasteiger partial charge is 0.481 e. The second kappa shape index (κ2) is 20.9. The molecule has 1 N–H and O–H groups in total. The zero-order valence-electron chi connectivity index (χ0n) is 24.4. The van der Waals surface area contributed by atoms with Gasteiger partial charge in [-0.2, -0.15) is 0 Å². The zero-order chi connectivity index (χ0) is 28.2. The Bertz CT molecular complexity index is 701. The van der Waals surface area contributed by atoms with E-state index in [2.05, 4.69) is 32.1 Å². The van der Waals surface area contributed by atoms with Gasteiger partial charge >= 0.3 is 5.97 Å². The van der Waals surface area contributed by atoms with Crippen LogP contribution < -0.4 is 0 Å². The van der Waals surface area contributed by atoms with Crippen LogP contribution in [0.4, 0.5) is 0 Å². The molecule has 0 aromatic heterocycles. The van der Waals surface area contributed by atoms with Crippen LogP contribution in [0.5, 0.6) is 0 Å². The molecule has 0 heterocycles. The van der Waals surface area contributed by atoms with Crippen LogP contribution in [0.2, 0.25) is 0 Å². The highest BCUT2D eigenvalue weighted by Gasteiger charge is 2.33. The Hall–Kier alpha value is -2.04. The third-order valence-electron chi connectivity index (χ3n) is 8.12. The maximum absolute atomic E-state index is 11.9. The van der Waals surface area contributed by atoms with Crippen LogP contribution in [0, 0.1) is 23.7 Å². The van der Waals surface area contributed by atoms with Crippen LogP contribution in [-0.4, -0.2) is 28.4 Å². The fourth-order valence-electron chi connectivity index (χ4n) is 5.79. The normalized spacial score (nSPS) is 23.3. The lowest BCUT2D eigenvalue weighted by atomic mass is 9.88. The first-order valence-corrected chi connectivity index (χ1v) is 15.4. The molecule has 2 saturated carbocycles. The minimum Gasteiger partial charge on any atom is -0.481 e. The van der Waals surface area contributed by atoms with Gasteiger partial charge in [-0.3, -0.25) is 14.4 Å². The number of carboxylic acids is 1. The second-order valence-corrected chi connectivity index (χ2v) is 11.3. The molecule has 2 aliphatic carbocycles. The minimum absolute atomic E-state index is 0.224. The summed E-state index contributed by atoms with van der Waals surface area (Å²) in [5.41, 5.74) is 0. The van der Waals surface area contributed by atoms with E-state index in [1.165, 1.54) is 38.5 Å². The van der Waals surface area contributed by atoms with E-state index in [1.807, 2.05) is 6.08 Å². The summed E-state index contributed by atoms with van der Waals surface area (Å²) < 4.78 is 0. The van der Waals surface area contributed by atoms with Gasteiger partial charge in [0.15, 0.2) is 0 Å². The number of carbonyl (C=O) groups excluding carboxylic acids is 3. The van der Waals surface area contributed by atoms with E-state index < -0.39 is 5.97 Å². The third kappa shape index (κ3) is 14.8. The Morgan fingerprint density at radius 3 is 1.58 bits per heavy atom. The highest BCUT2D eigenvalue weighted by atomic mass is 16.4. The Balaban J connectivity index is 0.000000380. The Morgan fingerprint density at radius 2 is 1.18 bits per heavy atom. The van der Waals surface area contributed by atoms with Gasteiger partial charge in [0.2, 0.25) is 0 Å². The number of carbonyl (C=O) groups is 4. The van der Waals surface area contributed by atoms with Crippen molar-refractivity contribution >= 4 is 23.3 Å². The molecule has 4 atom stereocenters. The molecule has 0 saturated heterocycles. The van der Waals surface area contributed by atoms with Gasteiger partial charge < -0.3 is 9.90 Å². The summed E-state index contributed by atoms with van der Waals surface area (Å²) in [6.07, 6.45) is 25.4. The smallest absolute Gasteiger partial charge is 0.303 e. The van der Waals surface area contributed by atoms with Gasteiger partial charge in [0.1, 0.15) is 17.3 Å². The fraction of sp³-hybridized carbons (Fsp3) is 0.758. The average molecular weight is 531 g/mol. The number of ketones is 3. The van der Waals surface area contributed by atoms with Crippen LogP contribution >= 0.6 is 0 Å². The number of carboxylic acid groups (broad SMARTS) is 1. The van der Waals surface area contributed by atoms with Gasteiger partial charge in [0.05, 0.1) is 0 Å². The number of hydrogen-bond donors (Lipinski definition) is 1. The lowest BCUT2D eigenvalue weighted by molar-refractivity contribution is -0.137. The SMILES string of the molecule is CCCC[C@H]1CCC(=O)[C@@H]1C/C=C\CCCC(=O)O.CCCC[C@H]1CCC(=O)[C@@H]1C/C=C\CCCC(C)=O. The van der Waals surface area contributed by atoms with E-state index >= 15 is 0 Å². The summed E-state index contributed by atoms with van der Waals surface area (Å²) >= 11 is 0. The number of aliphatic carboxylic acids is 1.